The van der Waals surface area contributed by atoms with Crippen molar-refractivity contribution in [1.29, 1.82) is 0 Å². The van der Waals surface area contributed by atoms with Crippen LogP contribution in [0.25, 0.3) is 0 Å². The summed E-state index contributed by atoms with van der Waals surface area (Å²) >= 11 is 12.3. The maximum Gasteiger partial charge on any atom is 0.255 e. The highest BCUT2D eigenvalue weighted by molar-refractivity contribution is 6.39. The van der Waals surface area contributed by atoms with Gasteiger partial charge in [-0.3, -0.25) is 4.79 Å². The summed E-state index contributed by atoms with van der Waals surface area (Å²) < 4.78 is 5.08. The van der Waals surface area contributed by atoms with E-state index in [9.17, 15) is 4.79 Å². The lowest BCUT2D eigenvalue weighted by molar-refractivity contribution is 0.102. The molecule has 3 aromatic rings. The van der Waals surface area contributed by atoms with Crippen molar-refractivity contribution in [1.82, 2.24) is 4.98 Å². The maximum atomic E-state index is 12.2. The molecule has 5 nitrogen and oxygen atoms in total. The predicted molar refractivity (Wildman–Crippen MR) is 105 cm³/mol. The number of anilines is 3. The molecule has 3 rings (SSSR count). The van der Waals surface area contributed by atoms with E-state index in [1.165, 1.54) is 0 Å². The molecule has 0 saturated heterocycles. The number of methoxy groups -OCH3 is 1. The Morgan fingerprint density at radius 1 is 1.00 bits per heavy atom. The molecule has 0 bridgehead atoms. The van der Waals surface area contributed by atoms with Crippen LogP contribution in [0.15, 0.2) is 60.8 Å². The first-order valence-electron chi connectivity index (χ1n) is 7.69. The van der Waals surface area contributed by atoms with Crippen LogP contribution in [0.3, 0.4) is 0 Å². The van der Waals surface area contributed by atoms with Gasteiger partial charge >= 0.3 is 0 Å². The van der Waals surface area contributed by atoms with Gasteiger partial charge in [0, 0.05) is 5.56 Å². The third-order valence-electron chi connectivity index (χ3n) is 3.59. The second kappa shape index (κ2) is 8.08. The number of halogens is 2. The van der Waals surface area contributed by atoms with E-state index in [0.29, 0.717) is 38.6 Å². The van der Waals surface area contributed by atoms with Gasteiger partial charge < -0.3 is 15.4 Å². The Morgan fingerprint density at radius 3 is 2.27 bits per heavy atom. The van der Waals surface area contributed by atoms with Crippen LogP contribution in [-0.2, 0) is 0 Å². The van der Waals surface area contributed by atoms with E-state index in [0.717, 1.165) is 0 Å². The number of hydrogen-bond acceptors (Lipinski definition) is 4. The van der Waals surface area contributed by atoms with Crippen molar-refractivity contribution in [3.8, 4) is 5.75 Å². The van der Waals surface area contributed by atoms with Crippen molar-refractivity contribution in [3.63, 3.8) is 0 Å². The van der Waals surface area contributed by atoms with Crippen molar-refractivity contribution in [2.45, 2.75) is 0 Å². The third-order valence-corrected chi connectivity index (χ3v) is 4.22. The molecule has 0 atom stereocenters. The molecule has 0 aliphatic carbocycles. The molecule has 0 spiro atoms. The van der Waals surface area contributed by atoms with Gasteiger partial charge in [0.05, 0.1) is 34.7 Å². The Bertz CT molecular complexity index is 893. The quantitative estimate of drug-likeness (QED) is 0.615. The number of ether oxygens (including phenoxy) is 1. The average Bonchev–Trinajstić information content (AvgIpc) is 2.66. The van der Waals surface area contributed by atoms with Crippen molar-refractivity contribution in [2.24, 2.45) is 0 Å². The zero-order chi connectivity index (χ0) is 18.5. The summed E-state index contributed by atoms with van der Waals surface area (Å²) in [5, 5.41) is 6.84. The van der Waals surface area contributed by atoms with E-state index in [4.69, 9.17) is 27.9 Å². The molecular formula is C19H15Cl2N3O2. The molecule has 2 aromatic carbocycles. The van der Waals surface area contributed by atoms with Gasteiger partial charge in [0.1, 0.15) is 11.6 Å². The molecule has 7 heteroatoms. The SMILES string of the molecule is COc1ccc(C(=O)Nc2ccc(Nc3c(Cl)cccc3Cl)nc2)cc1. The summed E-state index contributed by atoms with van der Waals surface area (Å²) in [5.74, 6) is 1.02. The normalized spacial score (nSPS) is 10.3. The van der Waals surface area contributed by atoms with Crippen molar-refractivity contribution in [3.05, 3.63) is 76.4 Å². The summed E-state index contributed by atoms with van der Waals surface area (Å²) in [5.41, 5.74) is 1.68. The Hall–Kier alpha value is -2.76. The van der Waals surface area contributed by atoms with Crippen LogP contribution < -0.4 is 15.4 Å². The van der Waals surface area contributed by atoms with Gasteiger partial charge in [0.15, 0.2) is 0 Å². The first-order chi connectivity index (χ1) is 12.6. The Labute approximate surface area is 160 Å². The monoisotopic (exact) mass is 387 g/mol. The zero-order valence-corrected chi connectivity index (χ0v) is 15.3. The Kier molecular flexibility index (Phi) is 5.61. The standard InChI is InChI=1S/C19H15Cl2N3O2/c1-26-14-8-5-12(6-9-14)19(25)23-13-7-10-17(22-11-13)24-18-15(20)3-2-4-16(18)21/h2-11H,1H3,(H,22,24)(H,23,25). The summed E-state index contributed by atoms with van der Waals surface area (Å²) in [7, 11) is 1.58. The number of rotatable bonds is 5. The van der Waals surface area contributed by atoms with Gasteiger partial charge in [-0.1, -0.05) is 29.3 Å². The Morgan fingerprint density at radius 2 is 1.69 bits per heavy atom. The van der Waals surface area contributed by atoms with Crippen LogP contribution in [0.1, 0.15) is 10.4 Å². The van der Waals surface area contributed by atoms with Crippen molar-refractivity contribution >= 4 is 46.3 Å². The van der Waals surface area contributed by atoms with Gasteiger partial charge in [0.2, 0.25) is 0 Å². The average molecular weight is 388 g/mol. The van der Waals surface area contributed by atoms with Gasteiger partial charge in [-0.15, -0.1) is 0 Å². The van der Waals surface area contributed by atoms with Crippen LogP contribution in [-0.4, -0.2) is 18.0 Å². The maximum absolute atomic E-state index is 12.2. The molecule has 1 heterocycles. The van der Waals surface area contributed by atoms with Crippen LogP contribution in [0.2, 0.25) is 10.0 Å². The number of hydrogen-bond donors (Lipinski definition) is 2. The van der Waals surface area contributed by atoms with Crippen molar-refractivity contribution < 1.29 is 9.53 Å². The number of nitrogens with one attached hydrogen (secondary N) is 2. The highest BCUT2D eigenvalue weighted by Gasteiger charge is 2.08. The molecule has 0 unspecified atom stereocenters. The number of pyridine rings is 1. The molecule has 0 aliphatic rings. The van der Waals surface area contributed by atoms with E-state index in [1.807, 2.05) is 0 Å². The van der Waals surface area contributed by atoms with E-state index in [2.05, 4.69) is 15.6 Å². The lowest BCUT2D eigenvalue weighted by atomic mass is 10.2. The second-order valence-corrected chi connectivity index (χ2v) is 6.15. The zero-order valence-electron chi connectivity index (χ0n) is 13.8. The fourth-order valence-corrected chi connectivity index (χ4v) is 2.72. The van der Waals surface area contributed by atoms with E-state index < -0.39 is 0 Å². The number of aromatic nitrogens is 1. The number of para-hydroxylation sites is 1. The van der Waals surface area contributed by atoms with Crippen LogP contribution in [0.4, 0.5) is 17.2 Å². The number of carbonyl (C=O) groups is 1. The molecule has 0 aliphatic heterocycles. The van der Waals surface area contributed by atoms with Crippen molar-refractivity contribution in [2.75, 3.05) is 17.7 Å². The number of benzene rings is 2. The van der Waals surface area contributed by atoms with Crippen LogP contribution in [0, 0.1) is 0 Å². The summed E-state index contributed by atoms with van der Waals surface area (Å²) in [4.78, 5) is 16.5. The molecule has 0 radical (unpaired) electrons. The van der Waals surface area contributed by atoms with E-state index >= 15 is 0 Å². The fourth-order valence-electron chi connectivity index (χ4n) is 2.23. The fraction of sp³-hybridized carbons (Fsp3) is 0.0526. The number of nitrogens with zero attached hydrogens (tertiary/aromatic N) is 1. The molecule has 0 saturated carbocycles. The largest absolute Gasteiger partial charge is 0.497 e. The van der Waals surface area contributed by atoms with Crippen LogP contribution >= 0.6 is 23.2 Å². The topological polar surface area (TPSA) is 63.2 Å². The smallest absolute Gasteiger partial charge is 0.255 e. The third kappa shape index (κ3) is 4.25. The van der Waals surface area contributed by atoms with Gasteiger partial charge in [0.25, 0.3) is 5.91 Å². The molecular weight excluding hydrogens is 373 g/mol. The minimum Gasteiger partial charge on any atom is -0.497 e. The highest BCUT2D eigenvalue weighted by atomic mass is 35.5. The lowest BCUT2D eigenvalue weighted by Gasteiger charge is -2.10. The summed E-state index contributed by atoms with van der Waals surface area (Å²) in [6.45, 7) is 0. The van der Waals surface area contributed by atoms with Gasteiger partial charge in [-0.25, -0.2) is 4.98 Å². The first kappa shape index (κ1) is 18.0. The lowest BCUT2D eigenvalue weighted by Crippen LogP contribution is -2.12. The number of carbonyl (C=O) groups excluding carboxylic acids is 1. The van der Waals surface area contributed by atoms with Gasteiger partial charge in [-0.05, 0) is 48.5 Å². The molecule has 1 amide bonds. The highest BCUT2D eigenvalue weighted by Crippen LogP contribution is 2.32. The van der Waals surface area contributed by atoms with E-state index in [-0.39, 0.29) is 5.91 Å². The summed E-state index contributed by atoms with van der Waals surface area (Å²) in [6, 6.07) is 15.5. The predicted octanol–water partition coefficient (Wildman–Crippen LogP) is 5.39. The minimum absolute atomic E-state index is 0.232. The molecule has 26 heavy (non-hydrogen) atoms. The van der Waals surface area contributed by atoms with Crippen LogP contribution in [0.5, 0.6) is 5.75 Å². The molecule has 132 valence electrons. The van der Waals surface area contributed by atoms with E-state index in [1.54, 1.807) is 67.9 Å². The number of amides is 1. The minimum atomic E-state index is -0.232. The Balaban J connectivity index is 1.68. The second-order valence-electron chi connectivity index (χ2n) is 5.34. The molecule has 2 N–H and O–H groups in total. The molecule has 0 fully saturated rings. The summed E-state index contributed by atoms with van der Waals surface area (Å²) in [6.07, 6.45) is 1.55. The van der Waals surface area contributed by atoms with Gasteiger partial charge in [-0.2, -0.15) is 0 Å². The first-order valence-corrected chi connectivity index (χ1v) is 8.45. The molecule has 1 aromatic heterocycles.